The average Bonchev–Trinajstić information content (AvgIpc) is 2.33. The smallest absolute Gasteiger partial charge is 0.323 e. The van der Waals surface area contributed by atoms with Crippen LogP contribution in [-0.4, -0.2) is 45.6 Å². The Bertz CT molecular complexity index is 278. The molecule has 0 heterocycles. The predicted molar refractivity (Wildman–Crippen MR) is 78.0 cm³/mol. The minimum Gasteiger partial charge on any atom is -0.461 e. The van der Waals surface area contributed by atoms with E-state index in [1.807, 2.05) is 0 Å². The van der Waals surface area contributed by atoms with Crippen molar-refractivity contribution in [2.24, 2.45) is 0 Å². The number of halogens is 4. The quantitative estimate of drug-likeness (QED) is 0.355. The fourth-order valence-corrected chi connectivity index (χ4v) is 1.13. The van der Waals surface area contributed by atoms with E-state index in [1.165, 1.54) is 0 Å². The Labute approximate surface area is 133 Å². The van der Waals surface area contributed by atoms with Crippen LogP contribution in [0.2, 0.25) is 0 Å². The van der Waals surface area contributed by atoms with E-state index in [0.29, 0.717) is 0 Å². The molecule has 2 atom stereocenters. The topological polar surface area (TPSA) is 52.6 Å². The van der Waals surface area contributed by atoms with Crippen molar-refractivity contribution in [3.05, 3.63) is 0 Å². The third kappa shape index (κ3) is 6.08. The van der Waals surface area contributed by atoms with E-state index in [2.05, 4.69) is 31.9 Å². The van der Waals surface area contributed by atoms with E-state index in [4.69, 9.17) is 32.7 Å². The van der Waals surface area contributed by atoms with Crippen molar-refractivity contribution in [3.8, 4) is 0 Å². The highest BCUT2D eigenvalue weighted by atomic mass is 79.9. The fraction of sp³-hybridized carbons (Fsp3) is 0.800. The number of esters is 2. The third-order valence-corrected chi connectivity index (χ3v) is 4.83. The van der Waals surface area contributed by atoms with Gasteiger partial charge in [-0.25, -0.2) is 0 Å². The number of rotatable bonds is 7. The first-order valence-electron chi connectivity index (χ1n) is 5.01. The molecule has 0 aromatic heterocycles. The Morgan fingerprint density at radius 3 is 1.44 bits per heavy atom. The van der Waals surface area contributed by atoms with Crippen LogP contribution in [0.5, 0.6) is 0 Å². The lowest BCUT2D eigenvalue weighted by molar-refractivity contribution is -0.153. The van der Waals surface area contributed by atoms with Gasteiger partial charge >= 0.3 is 11.9 Å². The van der Waals surface area contributed by atoms with Crippen molar-refractivity contribution in [1.82, 2.24) is 0 Å². The van der Waals surface area contributed by atoms with Gasteiger partial charge in [-0.1, -0.05) is 31.9 Å². The molecule has 0 saturated carbocycles. The van der Waals surface area contributed by atoms with Gasteiger partial charge in [0.05, 0.1) is 0 Å². The summed E-state index contributed by atoms with van der Waals surface area (Å²) in [6.45, 7) is 3.12. The van der Waals surface area contributed by atoms with Crippen molar-refractivity contribution < 1.29 is 19.1 Å². The lowest BCUT2D eigenvalue weighted by Crippen LogP contribution is -2.35. The molecule has 0 rings (SSSR count). The molecule has 0 spiro atoms. The van der Waals surface area contributed by atoms with Crippen LogP contribution < -0.4 is 0 Å². The van der Waals surface area contributed by atoms with E-state index in [9.17, 15) is 9.59 Å². The molecule has 0 aliphatic heterocycles. The normalized spacial score (nSPS) is 17.4. The van der Waals surface area contributed by atoms with E-state index >= 15 is 0 Å². The standard InChI is InChI=1S/C10H14Br2Cl2O4/c1-9(11,5-13)7(15)17-3-4-18-8(16)10(2,12)6-14/h3-6H2,1-2H3. The van der Waals surface area contributed by atoms with Crippen LogP contribution in [0.3, 0.4) is 0 Å². The summed E-state index contributed by atoms with van der Waals surface area (Å²) in [5, 5.41) is 0. The zero-order valence-corrected chi connectivity index (χ0v) is 14.7. The molecular formula is C10H14Br2Cl2O4. The summed E-state index contributed by atoms with van der Waals surface area (Å²) < 4.78 is 7.93. The van der Waals surface area contributed by atoms with Crippen LogP contribution >= 0.6 is 55.1 Å². The third-order valence-electron chi connectivity index (χ3n) is 1.90. The van der Waals surface area contributed by atoms with Gasteiger partial charge in [-0.3, -0.25) is 9.59 Å². The summed E-state index contributed by atoms with van der Waals surface area (Å²) in [7, 11) is 0. The lowest BCUT2D eigenvalue weighted by atomic mass is 10.2. The zero-order valence-electron chi connectivity index (χ0n) is 9.97. The highest BCUT2D eigenvalue weighted by Crippen LogP contribution is 2.22. The van der Waals surface area contributed by atoms with Gasteiger partial charge in [0, 0.05) is 11.8 Å². The van der Waals surface area contributed by atoms with Gasteiger partial charge in [-0.15, -0.1) is 23.2 Å². The number of hydrogen-bond acceptors (Lipinski definition) is 4. The molecule has 0 fully saturated rings. The lowest BCUT2D eigenvalue weighted by Gasteiger charge is -2.19. The van der Waals surface area contributed by atoms with Gasteiger partial charge in [0.25, 0.3) is 0 Å². The van der Waals surface area contributed by atoms with Crippen LogP contribution in [-0.2, 0) is 19.1 Å². The zero-order chi connectivity index (χ0) is 14.4. The van der Waals surface area contributed by atoms with Crippen molar-refractivity contribution in [3.63, 3.8) is 0 Å². The van der Waals surface area contributed by atoms with Crippen LogP contribution in [0, 0.1) is 0 Å². The molecule has 0 aliphatic carbocycles. The van der Waals surface area contributed by atoms with Gasteiger partial charge in [0.15, 0.2) is 0 Å². The molecular weight excluding hydrogens is 415 g/mol. The van der Waals surface area contributed by atoms with Crippen LogP contribution in [0.4, 0.5) is 0 Å². The summed E-state index contributed by atoms with van der Waals surface area (Å²) >= 11 is 17.4. The van der Waals surface area contributed by atoms with Crippen molar-refractivity contribution in [1.29, 1.82) is 0 Å². The first-order chi connectivity index (χ1) is 8.17. The van der Waals surface area contributed by atoms with Crippen molar-refractivity contribution in [2.45, 2.75) is 22.5 Å². The monoisotopic (exact) mass is 426 g/mol. The summed E-state index contributed by atoms with van der Waals surface area (Å²) in [4.78, 5) is 22.9. The highest BCUT2D eigenvalue weighted by Gasteiger charge is 2.32. The largest absolute Gasteiger partial charge is 0.461 e. The van der Waals surface area contributed by atoms with Gasteiger partial charge in [0.2, 0.25) is 0 Å². The second-order valence-electron chi connectivity index (χ2n) is 3.93. The highest BCUT2D eigenvalue weighted by molar-refractivity contribution is 9.10. The number of carbonyl (C=O) groups is 2. The first kappa shape index (κ1) is 18.5. The summed E-state index contributed by atoms with van der Waals surface area (Å²) in [5.41, 5.74) is 0. The van der Waals surface area contributed by atoms with Gasteiger partial charge in [-0.2, -0.15) is 0 Å². The van der Waals surface area contributed by atoms with E-state index in [0.717, 1.165) is 0 Å². The summed E-state index contributed by atoms with van der Waals surface area (Å²) in [5.74, 6) is -0.853. The molecule has 0 aromatic rings. The minimum atomic E-state index is -0.932. The summed E-state index contributed by atoms with van der Waals surface area (Å²) in [6, 6.07) is 0. The molecule has 4 nitrogen and oxygen atoms in total. The predicted octanol–water partition coefficient (Wildman–Crippen LogP) is 2.86. The maximum atomic E-state index is 11.5. The maximum Gasteiger partial charge on any atom is 0.323 e. The number of alkyl halides is 4. The molecule has 106 valence electrons. The van der Waals surface area contributed by atoms with Crippen LogP contribution in [0.15, 0.2) is 0 Å². The second kappa shape index (κ2) is 7.92. The molecule has 0 amide bonds. The number of ether oxygens (including phenoxy) is 2. The molecule has 0 bridgehead atoms. The number of carbonyl (C=O) groups excluding carboxylic acids is 2. The minimum absolute atomic E-state index is 0.0337. The van der Waals surface area contributed by atoms with E-state index < -0.39 is 20.6 Å². The van der Waals surface area contributed by atoms with E-state index in [1.54, 1.807) is 13.8 Å². The molecule has 8 heteroatoms. The Morgan fingerprint density at radius 1 is 0.944 bits per heavy atom. The Kier molecular flexibility index (Phi) is 8.13. The summed E-state index contributed by atoms with van der Waals surface area (Å²) in [6.07, 6.45) is 0. The van der Waals surface area contributed by atoms with Gasteiger partial charge in [0.1, 0.15) is 21.9 Å². The second-order valence-corrected chi connectivity index (χ2v) is 7.97. The average molecular weight is 429 g/mol. The molecule has 0 radical (unpaired) electrons. The molecule has 18 heavy (non-hydrogen) atoms. The Balaban J connectivity index is 3.96. The Morgan fingerprint density at radius 2 is 1.22 bits per heavy atom. The Hall–Kier alpha value is 0.480. The maximum absolute atomic E-state index is 11.5. The van der Waals surface area contributed by atoms with Crippen molar-refractivity contribution >= 4 is 67.0 Å². The fourth-order valence-electron chi connectivity index (χ4n) is 0.679. The first-order valence-corrected chi connectivity index (χ1v) is 7.67. The van der Waals surface area contributed by atoms with Crippen molar-refractivity contribution in [2.75, 3.05) is 25.0 Å². The van der Waals surface area contributed by atoms with Crippen LogP contribution in [0.1, 0.15) is 13.8 Å². The van der Waals surface area contributed by atoms with E-state index in [-0.39, 0.29) is 25.0 Å². The van der Waals surface area contributed by atoms with Crippen LogP contribution in [0.25, 0.3) is 0 Å². The molecule has 2 unspecified atom stereocenters. The SMILES string of the molecule is CC(Br)(CCl)C(=O)OCCOC(=O)C(C)(Br)CCl. The molecule has 0 aliphatic rings. The van der Waals surface area contributed by atoms with Gasteiger partial charge in [-0.05, 0) is 13.8 Å². The van der Waals surface area contributed by atoms with Gasteiger partial charge < -0.3 is 9.47 Å². The molecule has 0 saturated heterocycles. The molecule has 0 aromatic carbocycles. The number of hydrogen-bond donors (Lipinski definition) is 0. The molecule has 0 N–H and O–H groups in total.